The largest absolute Gasteiger partial charge is 0.390 e. The van der Waals surface area contributed by atoms with Crippen LogP contribution in [-0.2, 0) is 16.1 Å². The van der Waals surface area contributed by atoms with Crippen molar-refractivity contribution >= 4 is 11.6 Å². The summed E-state index contributed by atoms with van der Waals surface area (Å²) in [5.41, 5.74) is 1.93. The van der Waals surface area contributed by atoms with Crippen LogP contribution in [0.4, 0.5) is 4.39 Å². The molecule has 1 amide bonds. The lowest BCUT2D eigenvalue weighted by molar-refractivity contribution is -0.125. The molecule has 1 aromatic rings. The van der Waals surface area contributed by atoms with Crippen molar-refractivity contribution in [3.8, 4) is 0 Å². The zero-order valence-electron chi connectivity index (χ0n) is 13.0. The van der Waals surface area contributed by atoms with Gasteiger partial charge in [0.1, 0.15) is 11.9 Å². The van der Waals surface area contributed by atoms with Crippen molar-refractivity contribution < 1.29 is 14.0 Å². The lowest BCUT2D eigenvalue weighted by atomic mass is 9.93. The molecule has 4 nitrogen and oxygen atoms in total. The fourth-order valence-electron chi connectivity index (χ4n) is 2.93. The maximum atomic E-state index is 12.9. The third-order valence-electron chi connectivity index (χ3n) is 4.26. The Morgan fingerprint density at radius 3 is 2.87 bits per heavy atom. The van der Waals surface area contributed by atoms with E-state index in [4.69, 9.17) is 4.84 Å². The van der Waals surface area contributed by atoms with E-state index in [0.717, 1.165) is 30.5 Å². The predicted molar refractivity (Wildman–Crippen MR) is 86.5 cm³/mol. The van der Waals surface area contributed by atoms with Crippen molar-refractivity contribution in [3.63, 3.8) is 0 Å². The highest BCUT2D eigenvalue weighted by molar-refractivity contribution is 5.87. The average molecular weight is 316 g/mol. The first-order valence-electron chi connectivity index (χ1n) is 8.09. The maximum absolute atomic E-state index is 12.9. The SMILES string of the molecule is O=C(NCC1CC(Cc2ccc(F)cc2)=NO1)C1CC=CCC1. The van der Waals surface area contributed by atoms with E-state index in [2.05, 4.69) is 22.6 Å². The van der Waals surface area contributed by atoms with Crippen LogP contribution < -0.4 is 5.32 Å². The Morgan fingerprint density at radius 1 is 1.30 bits per heavy atom. The molecule has 5 heteroatoms. The summed E-state index contributed by atoms with van der Waals surface area (Å²) in [6, 6.07) is 6.40. The van der Waals surface area contributed by atoms with E-state index in [1.165, 1.54) is 12.1 Å². The number of hydrogen-bond acceptors (Lipinski definition) is 3. The lowest BCUT2D eigenvalue weighted by Crippen LogP contribution is -2.36. The van der Waals surface area contributed by atoms with Crippen molar-refractivity contribution in [1.29, 1.82) is 0 Å². The molecule has 122 valence electrons. The Kier molecular flexibility index (Phi) is 5.05. The summed E-state index contributed by atoms with van der Waals surface area (Å²) >= 11 is 0. The van der Waals surface area contributed by atoms with Crippen LogP contribution in [0.2, 0.25) is 0 Å². The standard InChI is InChI=1S/C18H21FN2O2/c19-15-8-6-13(7-9-15)10-16-11-17(23-21-16)12-20-18(22)14-4-2-1-3-5-14/h1-2,6-9,14,17H,3-5,10-12H2,(H,20,22). The first-order chi connectivity index (χ1) is 11.2. The Balaban J connectivity index is 1.41. The Hall–Kier alpha value is -2.17. The van der Waals surface area contributed by atoms with Crippen LogP contribution in [-0.4, -0.2) is 24.3 Å². The number of carbonyl (C=O) groups is 1. The van der Waals surface area contributed by atoms with E-state index in [1.54, 1.807) is 12.1 Å². The van der Waals surface area contributed by atoms with Gasteiger partial charge >= 0.3 is 0 Å². The number of rotatable bonds is 5. The number of hydrogen-bond donors (Lipinski definition) is 1. The zero-order chi connectivity index (χ0) is 16.1. The molecule has 1 aliphatic heterocycles. The number of nitrogens with one attached hydrogen (secondary N) is 1. The minimum atomic E-state index is -0.239. The Bertz CT molecular complexity index is 610. The fourth-order valence-corrected chi connectivity index (χ4v) is 2.93. The minimum absolute atomic E-state index is 0.0843. The summed E-state index contributed by atoms with van der Waals surface area (Å²) in [5, 5.41) is 7.05. The molecule has 0 spiro atoms. The van der Waals surface area contributed by atoms with Crippen molar-refractivity contribution in [2.24, 2.45) is 11.1 Å². The number of oxime groups is 1. The first-order valence-corrected chi connectivity index (χ1v) is 8.09. The second-order valence-corrected chi connectivity index (χ2v) is 6.12. The molecule has 2 atom stereocenters. The van der Waals surface area contributed by atoms with Gasteiger partial charge in [-0.25, -0.2) is 4.39 Å². The van der Waals surface area contributed by atoms with E-state index in [-0.39, 0.29) is 23.7 Å². The molecular weight excluding hydrogens is 295 g/mol. The number of carbonyl (C=O) groups excluding carboxylic acids is 1. The van der Waals surface area contributed by atoms with Crippen LogP contribution in [0, 0.1) is 11.7 Å². The average Bonchev–Trinajstić information content (AvgIpc) is 3.03. The van der Waals surface area contributed by atoms with Crippen molar-refractivity contribution in [3.05, 3.63) is 47.8 Å². The summed E-state index contributed by atoms with van der Waals surface area (Å²) in [4.78, 5) is 17.5. The van der Waals surface area contributed by atoms with Gasteiger partial charge < -0.3 is 10.2 Å². The summed E-state index contributed by atoms with van der Waals surface area (Å²) in [6.07, 6.45) is 8.16. The molecule has 2 aliphatic rings. The lowest BCUT2D eigenvalue weighted by Gasteiger charge is -2.18. The summed E-state index contributed by atoms with van der Waals surface area (Å²) in [6.45, 7) is 0.482. The molecule has 1 N–H and O–H groups in total. The second-order valence-electron chi connectivity index (χ2n) is 6.12. The van der Waals surface area contributed by atoms with E-state index >= 15 is 0 Å². The molecule has 23 heavy (non-hydrogen) atoms. The first kappa shape index (κ1) is 15.7. The van der Waals surface area contributed by atoms with Gasteiger partial charge in [-0.15, -0.1) is 0 Å². The molecule has 0 radical (unpaired) electrons. The third-order valence-corrected chi connectivity index (χ3v) is 4.26. The molecule has 3 rings (SSSR count). The van der Waals surface area contributed by atoms with Gasteiger partial charge in [0.15, 0.2) is 0 Å². The van der Waals surface area contributed by atoms with E-state index < -0.39 is 0 Å². The zero-order valence-corrected chi connectivity index (χ0v) is 13.0. The van der Waals surface area contributed by atoms with Crippen LogP contribution in [0.25, 0.3) is 0 Å². The van der Waals surface area contributed by atoms with Crippen LogP contribution in [0.5, 0.6) is 0 Å². The number of amides is 1. The van der Waals surface area contributed by atoms with E-state index in [0.29, 0.717) is 19.4 Å². The highest BCUT2D eigenvalue weighted by Gasteiger charge is 2.24. The van der Waals surface area contributed by atoms with Crippen molar-refractivity contribution in [1.82, 2.24) is 5.32 Å². The number of nitrogens with zero attached hydrogens (tertiary/aromatic N) is 1. The topological polar surface area (TPSA) is 50.7 Å². The van der Waals surface area contributed by atoms with Crippen molar-refractivity contribution in [2.75, 3.05) is 6.54 Å². The molecule has 0 bridgehead atoms. The predicted octanol–water partition coefficient (Wildman–Crippen LogP) is 2.99. The van der Waals surface area contributed by atoms with Gasteiger partial charge in [-0.1, -0.05) is 29.4 Å². The van der Waals surface area contributed by atoms with Gasteiger partial charge in [-0.2, -0.15) is 0 Å². The Labute approximate surface area is 135 Å². The molecular formula is C18H21FN2O2. The monoisotopic (exact) mass is 316 g/mol. The number of halogens is 1. The smallest absolute Gasteiger partial charge is 0.223 e. The fraction of sp³-hybridized carbons (Fsp3) is 0.444. The van der Waals surface area contributed by atoms with Gasteiger partial charge in [0.2, 0.25) is 5.91 Å². The molecule has 0 fully saturated rings. The van der Waals surface area contributed by atoms with Gasteiger partial charge in [-0.3, -0.25) is 4.79 Å². The second kappa shape index (κ2) is 7.40. The normalized spacial score (nSPS) is 23.3. The molecule has 2 unspecified atom stereocenters. The molecule has 1 heterocycles. The summed E-state index contributed by atoms with van der Waals surface area (Å²) in [5.74, 6) is -0.0533. The van der Waals surface area contributed by atoms with Gasteiger partial charge in [0, 0.05) is 18.8 Å². The van der Waals surface area contributed by atoms with Gasteiger partial charge in [0.05, 0.1) is 12.3 Å². The van der Waals surface area contributed by atoms with Crippen LogP contribution in [0.1, 0.15) is 31.2 Å². The van der Waals surface area contributed by atoms with Crippen LogP contribution >= 0.6 is 0 Å². The highest BCUT2D eigenvalue weighted by atomic mass is 19.1. The number of benzene rings is 1. The summed E-state index contributed by atoms with van der Waals surface area (Å²) in [7, 11) is 0. The third kappa shape index (κ3) is 4.41. The molecule has 0 saturated carbocycles. The van der Waals surface area contributed by atoms with Crippen molar-refractivity contribution in [2.45, 2.75) is 38.2 Å². The molecule has 0 aromatic heterocycles. The Morgan fingerprint density at radius 2 is 2.13 bits per heavy atom. The molecule has 1 aromatic carbocycles. The van der Waals surface area contributed by atoms with Crippen LogP contribution in [0.15, 0.2) is 41.6 Å². The molecule has 0 saturated heterocycles. The quantitative estimate of drug-likeness (QED) is 0.849. The van der Waals surface area contributed by atoms with E-state index in [1.807, 2.05) is 0 Å². The van der Waals surface area contributed by atoms with E-state index in [9.17, 15) is 9.18 Å². The number of allylic oxidation sites excluding steroid dienone is 2. The van der Waals surface area contributed by atoms with Crippen LogP contribution in [0.3, 0.4) is 0 Å². The van der Waals surface area contributed by atoms with Gasteiger partial charge in [-0.05, 0) is 37.0 Å². The minimum Gasteiger partial charge on any atom is -0.390 e. The van der Waals surface area contributed by atoms with Gasteiger partial charge in [0.25, 0.3) is 0 Å². The highest BCUT2D eigenvalue weighted by Crippen LogP contribution is 2.19. The molecule has 1 aliphatic carbocycles. The summed E-state index contributed by atoms with van der Waals surface area (Å²) < 4.78 is 12.9. The maximum Gasteiger partial charge on any atom is 0.223 e.